The number of carbonyl (C=O) groups excluding carboxylic acids is 1. The van der Waals surface area contributed by atoms with Crippen LogP contribution in [0.2, 0.25) is 0 Å². The Labute approximate surface area is 130 Å². The van der Waals surface area contributed by atoms with E-state index in [1.54, 1.807) is 0 Å². The van der Waals surface area contributed by atoms with Gasteiger partial charge in [0.15, 0.2) is 18.7 Å². The largest absolute Gasteiger partial charge is 0.479 e. The Hall–Kier alpha value is -1.18. The lowest BCUT2D eigenvalue weighted by Gasteiger charge is -2.40. The third kappa shape index (κ3) is 4.43. The molecule has 9 unspecified atom stereocenters. The van der Waals surface area contributed by atoms with E-state index >= 15 is 0 Å². The van der Waals surface area contributed by atoms with E-state index in [2.05, 4.69) is 0 Å². The van der Waals surface area contributed by atoms with Crippen molar-refractivity contribution in [3.8, 4) is 0 Å². The topological polar surface area (TPSA) is 194 Å². The number of hydrogen-bond acceptors (Lipinski definition) is 10. The Morgan fingerprint density at radius 3 is 2.09 bits per heavy atom. The fourth-order valence-electron chi connectivity index (χ4n) is 1.99. The summed E-state index contributed by atoms with van der Waals surface area (Å²) in [6.07, 6.45) is -16.5. The van der Waals surface area contributed by atoms with Crippen molar-refractivity contribution in [2.45, 2.75) is 62.0 Å². The number of carboxylic acids is 1. The normalized spacial score (nSPS) is 36.7. The molecule has 23 heavy (non-hydrogen) atoms. The minimum Gasteiger partial charge on any atom is -0.479 e. The number of rotatable bonds is 7. The molecule has 0 amide bonds. The van der Waals surface area contributed by atoms with E-state index in [-0.39, 0.29) is 6.29 Å². The van der Waals surface area contributed by atoms with Crippen LogP contribution >= 0.6 is 0 Å². The maximum absolute atomic E-state index is 11.0. The maximum atomic E-state index is 11.0. The minimum atomic E-state index is -1.94. The number of aliphatic carboxylic acids is 1. The zero-order chi connectivity index (χ0) is 17.9. The van der Waals surface area contributed by atoms with Gasteiger partial charge in [0.25, 0.3) is 0 Å². The predicted octanol–water partition coefficient (Wildman–Crippen LogP) is -4.43. The van der Waals surface area contributed by atoms with Gasteiger partial charge in [-0.25, -0.2) is 4.79 Å². The summed E-state index contributed by atoms with van der Waals surface area (Å²) in [5.74, 6) is -1.65. The lowest BCUT2D eigenvalue weighted by Crippen LogP contribution is -2.61. The number of carboxylic acid groups (broad SMARTS) is 1. The first-order valence-electron chi connectivity index (χ1n) is 6.69. The van der Waals surface area contributed by atoms with Crippen molar-refractivity contribution in [2.75, 3.05) is 0 Å². The molecule has 0 saturated carbocycles. The van der Waals surface area contributed by atoms with Gasteiger partial charge in [0.05, 0.1) is 6.10 Å². The quantitative estimate of drug-likeness (QED) is 0.221. The van der Waals surface area contributed by atoms with Gasteiger partial charge in [-0.05, 0) is 6.92 Å². The highest BCUT2D eigenvalue weighted by atomic mass is 16.7. The van der Waals surface area contributed by atoms with Gasteiger partial charge in [-0.2, -0.15) is 0 Å². The first-order chi connectivity index (χ1) is 10.6. The van der Waals surface area contributed by atoms with Crippen LogP contribution in [0.1, 0.15) is 6.92 Å². The first-order valence-corrected chi connectivity index (χ1v) is 6.69. The molecule has 7 N–H and O–H groups in total. The lowest BCUT2D eigenvalue weighted by molar-refractivity contribution is -0.308. The Morgan fingerprint density at radius 1 is 1.09 bits per heavy atom. The van der Waals surface area contributed by atoms with Gasteiger partial charge in [0.2, 0.25) is 0 Å². The van der Waals surface area contributed by atoms with Crippen molar-refractivity contribution in [1.82, 2.24) is 0 Å². The molecule has 11 nitrogen and oxygen atoms in total. The summed E-state index contributed by atoms with van der Waals surface area (Å²) in [5, 5.41) is 66.1. The standard InChI is InChI=1S/C12H20O11/c1-3(14)5(15)6(16)4(2-13)22-12-9(19)7(17)8(18)10(23-12)11(20)21/h2-10,12,14-19H,1H3,(H,20,21). The molecule has 0 aliphatic carbocycles. The predicted molar refractivity (Wildman–Crippen MR) is 68.9 cm³/mol. The van der Waals surface area contributed by atoms with E-state index in [0.717, 1.165) is 6.92 Å². The SMILES string of the molecule is CC(O)C(O)C(O)C(C=O)OC1OC(C(=O)O)C(O)C(O)C1O. The molecule has 134 valence electrons. The number of aldehydes is 1. The molecule has 11 heteroatoms. The molecule has 1 rings (SSSR count). The Balaban J connectivity index is 2.87. The Bertz CT molecular complexity index is 414. The maximum Gasteiger partial charge on any atom is 0.335 e. The first kappa shape index (κ1) is 19.9. The summed E-state index contributed by atoms with van der Waals surface area (Å²) >= 11 is 0. The molecule has 0 spiro atoms. The van der Waals surface area contributed by atoms with Crippen LogP contribution in [0.3, 0.4) is 0 Å². The van der Waals surface area contributed by atoms with Gasteiger partial charge in [0, 0.05) is 0 Å². The van der Waals surface area contributed by atoms with Crippen molar-refractivity contribution in [1.29, 1.82) is 0 Å². The second kappa shape index (κ2) is 8.08. The van der Waals surface area contributed by atoms with E-state index in [4.69, 9.17) is 14.6 Å². The number of aliphatic hydroxyl groups is 6. The number of hydrogen-bond donors (Lipinski definition) is 7. The molecule has 0 aromatic carbocycles. The molecule has 1 aliphatic heterocycles. The van der Waals surface area contributed by atoms with Crippen molar-refractivity contribution < 1.29 is 54.8 Å². The fourth-order valence-corrected chi connectivity index (χ4v) is 1.99. The van der Waals surface area contributed by atoms with E-state index in [9.17, 15) is 40.2 Å². The molecule has 1 aliphatic rings. The second-order valence-corrected chi connectivity index (χ2v) is 5.19. The smallest absolute Gasteiger partial charge is 0.335 e. The van der Waals surface area contributed by atoms with Gasteiger partial charge in [-0.15, -0.1) is 0 Å². The third-order valence-corrected chi connectivity index (χ3v) is 3.42. The van der Waals surface area contributed by atoms with E-state index < -0.39 is 61.1 Å². The van der Waals surface area contributed by atoms with Gasteiger partial charge >= 0.3 is 5.97 Å². The van der Waals surface area contributed by atoms with E-state index in [1.807, 2.05) is 0 Å². The summed E-state index contributed by atoms with van der Waals surface area (Å²) < 4.78 is 9.66. The van der Waals surface area contributed by atoms with Crippen LogP contribution in [0, 0.1) is 0 Å². The second-order valence-electron chi connectivity index (χ2n) is 5.19. The van der Waals surface area contributed by atoms with Crippen LogP contribution in [-0.2, 0) is 19.1 Å². The van der Waals surface area contributed by atoms with Crippen LogP contribution < -0.4 is 0 Å². The highest BCUT2D eigenvalue weighted by molar-refractivity contribution is 5.73. The summed E-state index contributed by atoms with van der Waals surface area (Å²) in [5.41, 5.74) is 0. The van der Waals surface area contributed by atoms with Crippen LogP contribution in [0.4, 0.5) is 0 Å². The average Bonchev–Trinajstić information content (AvgIpc) is 2.50. The molecule has 1 saturated heterocycles. The molecule has 9 atom stereocenters. The highest BCUT2D eigenvalue weighted by Gasteiger charge is 2.48. The van der Waals surface area contributed by atoms with Gasteiger partial charge in [-0.1, -0.05) is 0 Å². The number of ether oxygens (including phenoxy) is 2. The molecule has 0 aromatic heterocycles. The van der Waals surface area contributed by atoms with Crippen LogP contribution in [0.15, 0.2) is 0 Å². The summed E-state index contributed by atoms with van der Waals surface area (Å²) in [7, 11) is 0. The van der Waals surface area contributed by atoms with Crippen LogP contribution in [0.25, 0.3) is 0 Å². The van der Waals surface area contributed by atoms with E-state index in [1.165, 1.54) is 0 Å². The average molecular weight is 340 g/mol. The number of carbonyl (C=O) groups is 2. The monoisotopic (exact) mass is 340 g/mol. The highest BCUT2D eigenvalue weighted by Crippen LogP contribution is 2.24. The lowest BCUT2D eigenvalue weighted by atomic mass is 9.98. The van der Waals surface area contributed by atoms with Crippen molar-refractivity contribution >= 4 is 12.3 Å². The van der Waals surface area contributed by atoms with Gasteiger partial charge in [0.1, 0.15) is 36.6 Å². The van der Waals surface area contributed by atoms with Gasteiger partial charge < -0.3 is 50.0 Å². The summed E-state index contributed by atoms with van der Waals surface area (Å²) in [4.78, 5) is 21.9. The number of aliphatic hydroxyl groups excluding tert-OH is 6. The summed E-state index contributed by atoms with van der Waals surface area (Å²) in [6, 6.07) is 0. The molecule has 0 bridgehead atoms. The molecule has 1 fully saturated rings. The van der Waals surface area contributed by atoms with Crippen LogP contribution in [-0.4, -0.2) is 103 Å². The van der Waals surface area contributed by atoms with Crippen LogP contribution in [0.5, 0.6) is 0 Å². The molecule has 0 radical (unpaired) electrons. The van der Waals surface area contributed by atoms with Crippen molar-refractivity contribution in [3.63, 3.8) is 0 Å². The zero-order valence-corrected chi connectivity index (χ0v) is 12.0. The minimum absolute atomic E-state index is 0.0412. The molecular formula is C12H20O11. The Morgan fingerprint density at radius 2 is 1.65 bits per heavy atom. The molecular weight excluding hydrogens is 320 g/mol. The van der Waals surface area contributed by atoms with Crippen molar-refractivity contribution in [2.24, 2.45) is 0 Å². The fraction of sp³-hybridized carbons (Fsp3) is 0.833. The van der Waals surface area contributed by atoms with Gasteiger partial charge in [-0.3, -0.25) is 0 Å². The zero-order valence-electron chi connectivity index (χ0n) is 12.0. The van der Waals surface area contributed by atoms with Crippen molar-refractivity contribution in [3.05, 3.63) is 0 Å². The molecule has 1 heterocycles. The third-order valence-electron chi connectivity index (χ3n) is 3.42. The Kier molecular flexibility index (Phi) is 6.98. The summed E-state index contributed by atoms with van der Waals surface area (Å²) in [6.45, 7) is 1.14. The van der Waals surface area contributed by atoms with E-state index in [0.29, 0.717) is 0 Å². The molecule has 0 aromatic rings.